The van der Waals surface area contributed by atoms with Gasteiger partial charge in [-0.2, -0.15) is 13.2 Å². The molecule has 1 amide bonds. The van der Waals surface area contributed by atoms with Gasteiger partial charge in [-0.1, -0.05) is 18.2 Å². The molecule has 0 radical (unpaired) electrons. The van der Waals surface area contributed by atoms with Crippen LogP contribution >= 0.6 is 0 Å². The fraction of sp³-hybridized carbons (Fsp3) is 0.350. The molecule has 0 unspecified atom stereocenters. The number of fused-ring (bicyclic) bond motifs is 1. The molecule has 10 heteroatoms. The number of hydrogen-bond acceptors (Lipinski definition) is 4. The number of amides is 1. The number of halogens is 4. The Kier molecular flexibility index (Phi) is 6.69. The molecule has 2 N–H and O–H groups in total. The minimum Gasteiger partial charge on any atom is -0.481 e. The minimum absolute atomic E-state index is 0.0788. The lowest BCUT2D eigenvalue weighted by Gasteiger charge is -2.20. The normalized spacial score (nSPS) is 13.7. The summed E-state index contributed by atoms with van der Waals surface area (Å²) in [5.41, 5.74) is 0.0538. The number of carbonyl (C=O) groups is 3. The first kappa shape index (κ1) is 23.1. The van der Waals surface area contributed by atoms with Gasteiger partial charge < -0.3 is 15.2 Å². The Labute approximate surface area is 169 Å². The van der Waals surface area contributed by atoms with Crippen LogP contribution in [-0.2, 0) is 27.4 Å². The molecule has 1 heterocycles. The maximum atomic E-state index is 14.3. The fourth-order valence-corrected chi connectivity index (χ4v) is 3.18. The van der Waals surface area contributed by atoms with E-state index in [1.165, 1.54) is 13.0 Å². The molecule has 162 valence electrons. The van der Waals surface area contributed by atoms with Gasteiger partial charge in [0.2, 0.25) is 0 Å². The minimum atomic E-state index is -5.24. The Balaban J connectivity index is 2.66. The van der Waals surface area contributed by atoms with Crippen LogP contribution in [0.15, 0.2) is 18.2 Å². The molecule has 0 fully saturated rings. The number of allylic oxidation sites excluding steroid dienone is 2. The zero-order valence-corrected chi connectivity index (χ0v) is 16.2. The number of anilines is 1. The number of ether oxygens (including phenoxy) is 1. The molecule has 0 aromatic heterocycles. The lowest BCUT2D eigenvalue weighted by Crippen LogP contribution is -2.31. The van der Waals surface area contributed by atoms with Gasteiger partial charge in [0.1, 0.15) is 12.4 Å². The monoisotopic (exact) mass is 429 g/mol. The van der Waals surface area contributed by atoms with E-state index in [0.29, 0.717) is 5.57 Å². The van der Waals surface area contributed by atoms with E-state index in [2.05, 4.69) is 6.58 Å². The van der Waals surface area contributed by atoms with E-state index in [-0.39, 0.29) is 53.7 Å². The number of nitrogens with one attached hydrogen (secondary N) is 1. The second kappa shape index (κ2) is 8.68. The van der Waals surface area contributed by atoms with E-state index in [0.717, 1.165) is 0 Å². The molecule has 1 aromatic carbocycles. The van der Waals surface area contributed by atoms with Crippen LogP contribution in [0.4, 0.5) is 23.2 Å². The van der Waals surface area contributed by atoms with E-state index in [9.17, 15) is 31.9 Å². The smallest absolute Gasteiger partial charge is 0.471 e. The summed E-state index contributed by atoms with van der Waals surface area (Å²) in [5, 5.41) is 10.4. The first-order valence-electron chi connectivity index (χ1n) is 8.80. The van der Waals surface area contributed by atoms with Gasteiger partial charge in [0, 0.05) is 17.5 Å². The Morgan fingerprint density at radius 3 is 2.47 bits per heavy atom. The molecule has 0 spiro atoms. The lowest BCUT2D eigenvalue weighted by atomic mass is 9.88. The predicted octanol–water partition coefficient (Wildman–Crippen LogP) is 4.46. The maximum absolute atomic E-state index is 14.3. The van der Waals surface area contributed by atoms with Crippen molar-refractivity contribution >= 4 is 29.4 Å². The summed E-state index contributed by atoms with van der Waals surface area (Å²) < 4.78 is 57.8. The van der Waals surface area contributed by atoms with Gasteiger partial charge in [0.15, 0.2) is 0 Å². The van der Waals surface area contributed by atoms with Crippen molar-refractivity contribution in [2.24, 2.45) is 0 Å². The van der Waals surface area contributed by atoms with Crippen LogP contribution in [0.5, 0.6) is 0 Å². The van der Waals surface area contributed by atoms with E-state index < -0.39 is 35.5 Å². The quantitative estimate of drug-likeness (QED) is 0.379. The van der Waals surface area contributed by atoms with Gasteiger partial charge in [-0.15, -0.1) is 0 Å². The van der Waals surface area contributed by atoms with Gasteiger partial charge in [-0.25, -0.2) is 9.18 Å². The molecule has 6 nitrogen and oxygen atoms in total. The van der Waals surface area contributed by atoms with Crippen molar-refractivity contribution in [1.82, 2.24) is 0 Å². The lowest BCUT2D eigenvalue weighted by molar-refractivity contribution is -0.167. The van der Waals surface area contributed by atoms with E-state index in [1.807, 2.05) is 0 Å². The molecule has 1 aromatic rings. The maximum Gasteiger partial charge on any atom is 0.471 e. The third kappa shape index (κ3) is 4.87. The number of benzene rings is 1. The molecule has 0 aliphatic carbocycles. The highest BCUT2D eigenvalue weighted by Crippen LogP contribution is 2.40. The number of aliphatic carboxylic acids is 1. The Bertz CT molecular complexity index is 963. The van der Waals surface area contributed by atoms with Crippen LogP contribution in [0.2, 0.25) is 0 Å². The largest absolute Gasteiger partial charge is 0.481 e. The SMILES string of the molecule is C=C(F)c1c(C)c2c(c(NC(=O)C(F)(F)F)c1C/C=C(\C)CCC(=O)O)C(=O)OC2. The average Bonchev–Trinajstić information content (AvgIpc) is 3.01. The molecular formula is C20H19F4NO5. The second-order valence-electron chi connectivity index (χ2n) is 6.79. The summed E-state index contributed by atoms with van der Waals surface area (Å²) >= 11 is 0. The number of carboxylic acid groups (broad SMARTS) is 1. The van der Waals surface area contributed by atoms with Gasteiger partial charge >= 0.3 is 24.0 Å². The van der Waals surface area contributed by atoms with Crippen molar-refractivity contribution < 1.29 is 41.8 Å². The molecule has 0 atom stereocenters. The van der Waals surface area contributed by atoms with Gasteiger partial charge in [0.05, 0.1) is 11.3 Å². The number of hydrogen-bond donors (Lipinski definition) is 2. The fourth-order valence-electron chi connectivity index (χ4n) is 3.18. The number of carbonyl (C=O) groups excluding carboxylic acids is 2. The molecular weight excluding hydrogens is 410 g/mol. The Morgan fingerprint density at radius 2 is 1.93 bits per heavy atom. The third-order valence-electron chi connectivity index (χ3n) is 4.69. The average molecular weight is 429 g/mol. The van der Waals surface area contributed by atoms with Crippen LogP contribution in [-0.4, -0.2) is 29.1 Å². The van der Waals surface area contributed by atoms with Crippen molar-refractivity contribution in [3.63, 3.8) is 0 Å². The standard InChI is InChI=1S/C20H19F4NO5/c1-9(5-7-14(26)27)4-6-12-15(11(3)21)10(2)13-8-30-18(28)16(13)17(12)25-19(29)20(22,23)24/h4H,3,5-8H2,1-2H3,(H,25,29)(H,26,27)/b9-4+. The van der Waals surface area contributed by atoms with Crippen molar-refractivity contribution in [2.75, 3.05) is 5.32 Å². The van der Waals surface area contributed by atoms with Crippen LogP contribution < -0.4 is 5.32 Å². The molecule has 0 saturated heterocycles. The molecule has 30 heavy (non-hydrogen) atoms. The van der Waals surface area contributed by atoms with Crippen LogP contribution in [0.25, 0.3) is 5.83 Å². The van der Waals surface area contributed by atoms with Crippen molar-refractivity contribution in [3.05, 3.63) is 46.0 Å². The van der Waals surface area contributed by atoms with E-state index >= 15 is 0 Å². The van der Waals surface area contributed by atoms with E-state index in [1.54, 1.807) is 12.2 Å². The van der Waals surface area contributed by atoms with Crippen molar-refractivity contribution in [2.45, 2.75) is 45.9 Å². The Hall–Kier alpha value is -3.17. The predicted molar refractivity (Wildman–Crippen MR) is 99.5 cm³/mol. The number of carboxylic acids is 1. The van der Waals surface area contributed by atoms with E-state index in [4.69, 9.17) is 9.84 Å². The summed E-state index contributed by atoms with van der Waals surface area (Å²) in [4.78, 5) is 34.5. The third-order valence-corrected chi connectivity index (χ3v) is 4.69. The second-order valence-corrected chi connectivity index (χ2v) is 6.79. The van der Waals surface area contributed by atoms with Crippen molar-refractivity contribution in [1.29, 1.82) is 0 Å². The molecule has 0 saturated carbocycles. The first-order chi connectivity index (χ1) is 13.8. The summed E-state index contributed by atoms with van der Waals surface area (Å²) in [6.45, 7) is 6.03. The van der Waals surface area contributed by atoms with Crippen LogP contribution in [0.3, 0.4) is 0 Å². The molecule has 0 bridgehead atoms. The van der Waals surface area contributed by atoms with Crippen molar-refractivity contribution in [3.8, 4) is 0 Å². The highest BCUT2D eigenvalue weighted by atomic mass is 19.4. The zero-order valence-electron chi connectivity index (χ0n) is 16.2. The summed E-state index contributed by atoms with van der Waals surface area (Å²) in [5.74, 6) is -5.25. The Morgan fingerprint density at radius 1 is 1.30 bits per heavy atom. The number of esters is 1. The van der Waals surface area contributed by atoms with Crippen LogP contribution in [0, 0.1) is 6.92 Å². The van der Waals surface area contributed by atoms with Gasteiger partial charge in [-0.05, 0) is 37.8 Å². The molecule has 1 aliphatic heterocycles. The molecule has 1 aliphatic rings. The first-order valence-corrected chi connectivity index (χ1v) is 8.80. The molecule has 2 rings (SSSR count). The summed E-state index contributed by atoms with van der Waals surface area (Å²) in [7, 11) is 0. The van der Waals surface area contributed by atoms with Gasteiger partial charge in [-0.3, -0.25) is 9.59 Å². The van der Waals surface area contributed by atoms with Gasteiger partial charge in [0.25, 0.3) is 0 Å². The zero-order chi connectivity index (χ0) is 22.8. The number of rotatable bonds is 7. The topological polar surface area (TPSA) is 92.7 Å². The summed E-state index contributed by atoms with van der Waals surface area (Å²) in [6.07, 6.45) is -3.91. The number of cyclic esters (lactones) is 1. The van der Waals surface area contributed by atoms with Crippen LogP contribution in [0.1, 0.15) is 52.4 Å². The number of alkyl halides is 3. The summed E-state index contributed by atoms with van der Waals surface area (Å²) in [6, 6.07) is 0. The highest BCUT2D eigenvalue weighted by molar-refractivity contribution is 6.07. The highest BCUT2D eigenvalue weighted by Gasteiger charge is 2.41.